The molecule has 2 amide bonds. The van der Waals surface area contributed by atoms with Crippen molar-refractivity contribution in [2.24, 2.45) is 5.92 Å². The van der Waals surface area contributed by atoms with Crippen LogP contribution in [0, 0.1) is 24.5 Å². The van der Waals surface area contributed by atoms with Crippen LogP contribution in [0.25, 0.3) is 0 Å². The normalized spacial score (nSPS) is 18.8. The zero-order chi connectivity index (χ0) is 31.4. The van der Waals surface area contributed by atoms with Crippen molar-refractivity contribution in [3.05, 3.63) is 137 Å². The van der Waals surface area contributed by atoms with Gasteiger partial charge in [-0.25, -0.2) is 18.5 Å². The van der Waals surface area contributed by atoms with Crippen molar-refractivity contribution >= 4 is 17.7 Å². The smallest absolute Gasteiger partial charge is 0.417 e. The number of benzene rings is 4. The molecule has 4 aromatic rings. The Morgan fingerprint density at radius 1 is 0.889 bits per heavy atom. The summed E-state index contributed by atoms with van der Waals surface area (Å²) in [6.45, 7) is 2.67. The van der Waals surface area contributed by atoms with Crippen LogP contribution in [0.5, 0.6) is 0 Å². The molecule has 2 fully saturated rings. The molecule has 9 heteroatoms. The number of nitrogens with zero attached hydrogens (tertiary/aromatic N) is 1. The summed E-state index contributed by atoms with van der Waals surface area (Å²) in [6.07, 6.45) is -0.264. The molecule has 7 nitrogen and oxygen atoms in total. The van der Waals surface area contributed by atoms with Crippen LogP contribution in [0.1, 0.15) is 47.2 Å². The number of aryl methyl sites for hydroxylation is 1. The number of amides is 2. The van der Waals surface area contributed by atoms with Gasteiger partial charge >= 0.3 is 6.09 Å². The summed E-state index contributed by atoms with van der Waals surface area (Å²) in [5, 5.41) is 3.45. The summed E-state index contributed by atoms with van der Waals surface area (Å²) in [7, 11) is 0. The lowest BCUT2D eigenvalue weighted by Crippen LogP contribution is -2.43. The first kappa shape index (κ1) is 30.4. The average Bonchev–Trinajstić information content (AvgIpc) is 3.70. The Morgan fingerprint density at radius 2 is 1.51 bits per heavy atom. The van der Waals surface area contributed by atoms with Crippen LogP contribution in [-0.2, 0) is 24.8 Å². The first-order valence-electron chi connectivity index (χ1n) is 15.0. The highest BCUT2D eigenvalue weighted by atomic mass is 19.1. The van der Waals surface area contributed by atoms with Gasteiger partial charge in [0.15, 0.2) is 5.79 Å². The molecule has 0 radical (unpaired) electrons. The predicted molar refractivity (Wildman–Crippen MR) is 164 cm³/mol. The fourth-order valence-electron chi connectivity index (χ4n) is 6.07. The van der Waals surface area contributed by atoms with E-state index in [-0.39, 0.29) is 31.1 Å². The number of cyclic esters (lactones) is 1. The van der Waals surface area contributed by atoms with Crippen LogP contribution in [-0.4, -0.2) is 36.7 Å². The molecule has 4 aromatic carbocycles. The molecule has 2 aliphatic rings. The van der Waals surface area contributed by atoms with Crippen molar-refractivity contribution in [1.29, 1.82) is 0 Å². The van der Waals surface area contributed by atoms with Gasteiger partial charge in [0.2, 0.25) is 5.91 Å². The van der Waals surface area contributed by atoms with Crippen LogP contribution in [0.4, 0.5) is 19.3 Å². The number of hydrogen-bond donors (Lipinski definition) is 1. The molecule has 0 aliphatic carbocycles. The molecule has 2 saturated heterocycles. The van der Waals surface area contributed by atoms with Crippen molar-refractivity contribution in [3.8, 4) is 0 Å². The number of halogens is 2. The Kier molecular flexibility index (Phi) is 8.91. The second-order valence-electron chi connectivity index (χ2n) is 11.4. The van der Waals surface area contributed by atoms with Crippen molar-refractivity contribution < 1.29 is 32.6 Å². The molecular formula is C36H34F2N2O5. The lowest BCUT2D eigenvalue weighted by atomic mass is 9.84. The van der Waals surface area contributed by atoms with E-state index in [1.54, 1.807) is 24.3 Å². The van der Waals surface area contributed by atoms with E-state index in [0.29, 0.717) is 24.5 Å². The highest BCUT2D eigenvalue weighted by Gasteiger charge is 2.46. The summed E-state index contributed by atoms with van der Waals surface area (Å²) in [5.74, 6) is -3.24. The maximum Gasteiger partial charge on any atom is 0.417 e. The maximum absolute atomic E-state index is 14.7. The van der Waals surface area contributed by atoms with Gasteiger partial charge in [-0.2, -0.15) is 0 Å². The van der Waals surface area contributed by atoms with Gasteiger partial charge in [0.1, 0.15) is 24.3 Å². The van der Waals surface area contributed by atoms with E-state index in [4.69, 9.17) is 14.2 Å². The summed E-state index contributed by atoms with van der Waals surface area (Å²) in [6, 6.07) is 27.7. The van der Waals surface area contributed by atoms with Gasteiger partial charge in [-0.3, -0.25) is 4.79 Å². The number of ether oxygens (including phenoxy) is 3. The zero-order valence-corrected chi connectivity index (χ0v) is 24.8. The van der Waals surface area contributed by atoms with Crippen LogP contribution < -0.4 is 5.32 Å². The first-order chi connectivity index (χ1) is 21.8. The predicted octanol–water partition coefficient (Wildman–Crippen LogP) is 7.44. The second kappa shape index (κ2) is 13.2. The summed E-state index contributed by atoms with van der Waals surface area (Å²) >= 11 is 0. The third-order valence-electron chi connectivity index (χ3n) is 8.44. The zero-order valence-electron chi connectivity index (χ0n) is 24.8. The van der Waals surface area contributed by atoms with Gasteiger partial charge < -0.3 is 19.5 Å². The van der Waals surface area contributed by atoms with E-state index in [2.05, 4.69) is 5.32 Å². The SMILES string of the molecule is Cc1ccc([C@@H](Nc2ccc(F)cc2)[C@@H](CCC2(c3ccc(F)cc3)OCCO2)C(=O)N2C(=O)OC[C@@H]2c2ccccc2)cc1. The van der Waals surface area contributed by atoms with Crippen molar-refractivity contribution in [2.75, 3.05) is 25.1 Å². The number of carbonyl (C=O) groups excluding carboxylic acids is 2. The molecule has 2 heterocycles. The van der Waals surface area contributed by atoms with Gasteiger partial charge in [0, 0.05) is 17.7 Å². The molecular weight excluding hydrogens is 578 g/mol. The minimum atomic E-state index is -1.20. The van der Waals surface area contributed by atoms with Crippen LogP contribution >= 0.6 is 0 Å². The second-order valence-corrected chi connectivity index (χ2v) is 11.4. The molecule has 232 valence electrons. The molecule has 0 bridgehead atoms. The molecule has 0 spiro atoms. The van der Waals surface area contributed by atoms with Crippen molar-refractivity contribution in [2.45, 2.75) is 37.6 Å². The maximum atomic E-state index is 14.7. The highest BCUT2D eigenvalue weighted by Crippen LogP contribution is 2.42. The standard InChI is InChI=1S/C36H34F2N2O5/c1-24-7-9-26(10-8-24)33(39-30-17-15-29(38)16-18-30)31(19-20-36(44-21-22-45-36)27-11-13-28(37)14-12-27)34(41)40-32(23-43-35(40)42)25-5-3-2-4-6-25/h2-18,31-33,39H,19-23H2,1H3/t31-,32-,33-/m1/s1. The Bertz CT molecular complexity index is 1610. The molecule has 2 aliphatic heterocycles. The Labute approximate surface area is 260 Å². The number of rotatable bonds is 10. The van der Waals surface area contributed by atoms with Gasteiger partial charge in [0.25, 0.3) is 0 Å². The minimum absolute atomic E-state index is 0.0354. The summed E-state index contributed by atoms with van der Waals surface area (Å²) < 4.78 is 45.4. The van der Waals surface area contributed by atoms with Gasteiger partial charge in [-0.05, 0) is 60.9 Å². The quantitative estimate of drug-likeness (QED) is 0.201. The number of hydrogen-bond acceptors (Lipinski definition) is 6. The summed E-state index contributed by atoms with van der Waals surface area (Å²) in [4.78, 5) is 29.2. The number of carbonyl (C=O) groups is 2. The Hall–Kier alpha value is -4.60. The molecule has 0 unspecified atom stereocenters. The van der Waals surface area contributed by atoms with E-state index < -0.39 is 35.8 Å². The highest BCUT2D eigenvalue weighted by molar-refractivity contribution is 5.95. The third kappa shape index (κ3) is 6.60. The van der Waals surface area contributed by atoms with E-state index in [0.717, 1.165) is 16.7 Å². The molecule has 6 rings (SSSR count). The minimum Gasteiger partial charge on any atom is -0.446 e. The van der Waals surface area contributed by atoms with Gasteiger partial charge in [-0.1, -0.05) is 72.3 Å². The molecule has 0 saturated carbocycles. The molecule has 3 atom stereocenters. The average molecular weight is 613 g/mol. The lowest BCUT2D eigenvalue weighted by Gasteiger charge is -2.35. The van der Waals surface area contributed by atoms with Gasteiger partial charge in [0.05, 0.1) is 25.2 Å². The van der Waals surface area contributed by atoms with Crippen molar-refractivity contribution in [1.82, 2.24) is 4.90 Å². The van der Waals surface area contributed by atoms with Crippen LogP contribution in [0.3, 0.4) is 0 Å². The number of imide groups is 1. The molecule has 1 N–H and O–H groups in total. The van der Waals surface area contributed by atoms with Gasteiger partial charge in [-0.15, -0.1) is 0 Å². The Morgan fingerprint density at radius 3 is 2.16 bits per heavy atom. The monoisotopic (exact) mass is 612 g/mol. The first-order valence-corrected chi connectivity index (χ1v) is 15.0. The molecule has 0 aromatic heterocycles. The number of anilines is 1. The van der Waals surface area contributed by atoms with Crippen LogP contribution in [0.2, 0.25) is 0 Å². The topological polar surface area (TPSA) is 77.1 Å². The lowest BCUT2D eigenvalue weighted by molar-refractivity contribution is -0.174. The van der Waals surface area contributed by atoms with Crippen molar-refractivity contribution in [3.63, 3.8) is 0 Å². The van der Waals surface area contributed by atoms with E-state index in [9.17, 15) is 18.4 Å². The van der Waals surface area contributed by atoms with E-state index >= 15 is 0 Å². The summed E-state index contributed by atoms with van der Waals surface area (Å²) in [5.41, 5.74) is 3.85. The number of nitrogens with one attached hydrogen (secondary N) is 1. The largest absolute Gasteiger partial charge is 0.446 e. The molecule has 45 heavy (non-hydrogen) atoms. The Balaban J connectivity index is 1.41. The third-order valence-corrected chi connectivity index (χ3v) is 8.44. The van der Waals surface area contributed by atoms with Crippen LogP contribution in [0.15, 0.2) is 103 Å². The fourth-order valence-corrected chi connectivity index (χ4v) is 6.07. The van der Waals surface area contributed by atoms with E-state index in [1.807, 2.05) is 61.5 Å². The van der Waals surface area contributed by atoms with E-state index in [1.165, 1.54) is 29.2 Å². The fraction of sp³-hybridized carbons (Fsp3) is 0.278.